The monoisotopic (exact) mass is 265 g/mol. The van der Waals surface area contributed by atoms with Crippen LogP contribution in [0.3, 0.4) is 0 Å². The van der Waals surface area contributed by atoms with Crippen LogP contribution in [0.15, 0.2) is 24.4 Å². The van der Waals surface area contributed by atoms with Gasteiger partial charge in [0.2, 0.25) is 5.88 Å². The molecular weight excluding hydrogens is 242 g/mol. The number of carbonyl (C=O) groups is 1. The summed E-state index contributed by atoms with van der Waals surface area (Å²) in [7, 11) is 0. The van der Waals surface area contributed by atoms with Crippen molar-refractivity contribution in [2.75, 3.05) is 6.61 Å². The first-order valence-corrected chi connectivity index (χ1v) is 6.92. The fourth-order valence-corrected chi connectivity index (χ4v) is 2.17. The number of hydrogen-bond acceptors (Lipinski definition) is 3. The normalized spacial score (nSPS) is 15.8. The summed E-state index contributed by atoms with van der Waals surface area (Å²) < 4.78 is 5.69. The van der Waals surface area contributed by atoms with Crippen LogP contribution >= 0.6 is 0 Å². The highest BCUT2D eigenvalue weighted by atomic mass is 16.5. The second-order valence-corrected chi connectivity index (χ2v) is 4.86. The molecule has 0 unspecified atom stereocenters. The van der Waals surface area contributed by atoms with Gasteiger partial charge in [0, 0.05) is 19.2 Å². The number of nitrogens with zero attached hydrogens (tertiary/aromatic N) is 1. The first-order valence-electron chi connectivity index (χ1n) is 6.92. The Kier molecular flexibility index (Phi) is 7.63. The van der Waals surface area contributed by atoms with Crippen molar-refractivity contribution in [2.45, 2.75) is 45.4 Å². The molecule has 0 atom stereocenters. The predicted molar refractivity (Wildman–Crippen MR) is 74.2 cm³/mol. The smallest absolute Gasteiger partial charge is 0.300 e. The van der Waals surface area contributed by atoms with Crippen molar-refractivity contribution < 1.29 is 14.6 Å². The lowest BCUT2D eigenvalue weighted by Crippen LogP contribution is -2.11. The van der Waals surface area contributed by atoms with Gasteiger partial charge in [0.05, 0.1) is 6.61 Å². The molecular formula is C15H23NO3. The van der Waals surface area contributed by atoms with E-state index in [4.69, 9.17) is 14.6 Å². The fraction of sp³-hybridized carbons (Fsp3) is 0.600. The van der Waals surface area contributed by atoms with Gasteiger partial charge in [-0.2, -0.15) is 0 Å². The molecule has 0 saturated heterocycles. The van der Waals surface area contributed by atoms with E-state index in [1.807, 2.05) is 18.2 Å². The summed E-state index contributed by atoms with van der Waals surface area (Å²) in [5, 5.41) is 7.42. The average Bonchev–Trinajstić information content (AvgIpc) is 2.65. The highest BCUT2D eigenvalue weighted by Crippen LogP contribution is 2.23. The molecule has 106 valence electrons. The lowest BCUT2D eigenvalue weighted by atomic mass is 10.0. The van der Waals surface area contributed by atoms with Gasteiger partial charge in [0.25, 0.3) is 5.97 Å². The van der Waals surface area contributed by atoms with Crippen LogP contribution in [0.1, 0.15) is 45.4 Å². The van der Waals surface area contributed by atoms with Gasteiger partial charge in [0.1, 0.15) is 0 Å². The molecule has 4 nitrogen and oxygen atoms in total. The first kappa shape index (κ1) is 15.5. The Balaban J connectivity index is 0.000000399. The maximum absolute atomic E-state index is 9.00. The standard InChI is InChI=1S/C13H19NO.C2H4O2/c1-2-4-8-12(7-3-1)11-15-13-9-5-6-10-14-13;1-2(3)4/h5-6,9-10,12H,1-4,7-8,11H2;1H3,(H,3,4). The van der Waals surface area contributed by atoms with E-state index < -0.39 is 5.97 Å². The largest absolute Gasteiger partial charge is 0.481 e. The molecule has 4 heteroatoms. The van der Waals surface area contributed by atoms with E-state index in [9.17, 15) is 0 Å². The van der Waals surface area contributed by atoms with E-state index in [-0.39, 0.29) is 0 Å². The van der Waals surface area contributed by atoms with Crippen molar-refractivity contribution in [1.29, 1.82) is 0 Å². The van der Waals surface area contributed by atoms with Crippen molar-refractivity contribution in [3.05, 3.63) is 24.4 Å². The highest BCUT2D eigenvalue weighted by molar-refractivity contribution is 5.62. The van der Waals surface area contributed by atoms with Crippen molar-refractivity contribution in [1.82, 2.24) is 4.98 Å². The number of aromatic nitrogens is 1. The molecule has 19 heavy (non-hydrogen) atoms. The van der Waals surface area contributed by atoms with Crippen LogP contribution in [0.2, 0.25) is 0 Å². The van der Waals surface area contributed by atoms with Gasteiger partial charge in [0.15, 0.2) is 0 Å². The number of rotatable bonds is 3. The van der Waals surface area contributed by atoms with Gasteiger partial charge >= 0.3 is 0 Å². The Morgan fingerprint density at radius 3 is 2.47 bits per heavy atom. The first-order chi connectivity index (χ1) is 9.18. The molecule has 1 fully saturated rings. The maximum Gasteiger partial charge on any atom is 0.300 e. The average molecular weight is 265 g/mol. The molecule has 1 N–H and O–H groups in total. The van der Waals surface area contributed by atoms with Crippen molar-refractivity contribution in [3.63, 3.8) is 0 Å². The molecule has 1 heterocycles. The molecule has 2 rings (SSSR count). The second kappa shape index (κ2) is 9.36. The molecule has 1 aliphatic rings. The number of aliphatic carboxylic acids is 1. The van der Waals surface area contributed by atoms with Gasteiger partial charge in [-0.3, -0.25) is 4.79 Å². The third-order valence-corrected chi connectivity index (χ3v) is 3.08. The van der Waals surface area contributed by atoms with Crippen LogP contribution in [0.4, 0.5) is 0 Å². The summed E-state index contributed by atoms with van der Waals surface area (Å²) in [6, 6.07) is 5.81. The fourth-order valence-electron chi connectivity index (χ4n) is 2.17. The molecule has 1 aliphatic carbocycles. The number of hydrogen-bond donors (Lipinski definition) is 1. The SMILES string of the molecule is CC(=O)O.c1ccc(OCC2CCCCCC2)nc1. The quantitative estimate of drug-likeness (QED) is 0.849. The molecule has 0 amide bonds. The predicted octanol–water partition coefficient (Wildman–Crippen LogP) is 3.52. The van der Waals surface area contributed by atoms with Gasteiger partial charge in [-0.05, 0) is 24.8 Å². The molecule has 0 spiro atoms. The van der Waals surface area contributed by atoms with Crippen LogP contribution in [-0.2, 0) is 4.79 Å². The minimum absolute atomic E-state index is 0.745. The second-order valence-electron chi connectivity index (χ2n) is 4.86. The molecule has 0 aromatic carbocycles. The van der Waals surface area contributed by atoms with E-state index >= 15 is 0 Å². The summed E-state index contributed by atoms with van der Waals surface area (Å²) in [5.74, 6) is 0.677. The number of carboxylic acid groups (broad SMARTS) is 1. The molecule has 1 aromatic heterocycles. The summed E-state index contributed by atoms with van der Waals surface area (Å²) in [6.45, 7) is 1.93. The van der Waals surface area contributed by atoms with Crippen LogP contribution in [-0.4, -0.2) is 22.7 Å². The van der Waals surface area contributed by atoms with Gasteiger partial charge in [-0.25, -0.2) is 4.98 Å². The lowest BCUT2D eigenvalue weighted by Gasteiger charge is -2.14. The van der Waals surface area contributed by atoms with Crippen molar-refractivity contribution in [3.8, 4) is 5.88 Å². The van der Waals surface area contributed by atoms with Gasteiger partial charge < -0.3 is 9.84 Å². The number of ether oxygens (including phenoxy) is 1. The lowest BCUT2D eigenvalue weighted by molar-refractivity contribution is -0.134. The Labute approximate surface area is 114 Å². The summed E-state index contributed by atoms with van der Waals surface area (Å²) in [5.41, 5.74) is 0. The molecule has 0 aliphatic heterocycles. The van der Waals surface area contributed by atoms with E-state index in [2.05, 4.69) is 4.98 Å². The third-order valence-electron chi connectivity index (χ3n) is 3.08. The highest BCUT2D eigenvalue weighted by Gasteiger charge is 2.12. The van der Waals surface area contributed by atoms with Crippen molar-refractivity contribution >= 4 is 5.97 Å². The molecule has 0 radical (unpaired) electrons. The molecule has 1 saturated carbocycles. The van der Waals surface area contributed by atoms with Crippen LogP contribution in [0, 0.1) is 5.92 Å². The Morgan fingerprint density at radius 2 is 1.95 bits per heavy atom. The summed E-state index contributed by atoms with van der Waals surface area (Å²) in [4.78, 5) is 13.2. The number of carboxylic acids is 1. The van der Waals surface area contributed by atoms with E-state index in [0.29, 0.717) is 0 Å². The Hall–Kier alpha value is -1.58. The summed E-state index contributed by atoms with van der Waals surface area (Å²) >= 11 is 0. The maximum atomic E-state index is 9.00. The van der Waals surface area contributed by atoms with E-state index in [1.165, 1.54) is 38.5 Å². The molecule has 0 bridgehead atoms. The summed E-state index contributed by atoms with van der Waals surface area (Å²) in [6.07, 6.45) is 9.98. The van der Waals surface area contributed by atoms with Crippen LogP contribution in [0.25, 0.3) is 0 Å². The zero-order chi connectivity index (χ0) is 13.9. The van der Waals surface area contributed by atoms with E-state index in [1.54, 1.807) is 6.20 Å². The van der Waals surface area contributed by atoms with Crippen molar-refractivity contribution in [2.24, 2.45) is 5.92 Å². The zero-order valence-electron chi connectivity index (χ0n) is 11.5. The van der Waals surface area contributed by atoms with Crippen LogP contribution < -0.4 is 4.74 Å². The Bertz CT molecular complexity index is 342. The third kappa shape index (κ3) is 8.19. The van der Waals surface area contributed by atoms with Crippen LogP contribution in [0.5, 0.6) is 5.88 Å². The zero-order valence-corrected chi connectivity index (χ0v) is 11.5. The minimum Gasteiger partial charge on any atom is -0.481 e. The van der Waals surface area contributed by atoms with E-state index in [0.717, 1.165) is 25.3 Å². The topological polar surface area (TPSA) is 59.4 Å². The van der Waals surface area contributed by atoms with Gasteiger partial charge in [-0.1, -0.05) is 31.7 Å². The Morgan fingerprint density at radius 1 is 1.32 bits per heavy atom. The molecule has 1 aromatic rings. The number of pyridine rings is 1. The van der Waals surface area contributed by atoms with Gasteiger partial charge in [-0.15, -0.1) is 0 Å². The minimum atomic E-state index is -0.833.